The van der Waals surface area contributed by atoms with E-state index in [1.165, 1.54) is 0 Å². The van der Waals surface area contributed by atoms with Gasteiger partial charge in [-0.1, -0.05) is 0 Å². The first kappa shape index (κ1) is 15.3. The van der Waals surface area contributed by atoms with Crippen LogP contribution in [0.4, 0.5) is 11.4 Å². The van der Waals surface area contributed by atoms with Gasteiger partial charge in [-0.15, -0.1) is 0 Å². The van der Waals surface area contributed by atoms with Gasteiger partial charge in [0.05, 0.1) is 11.3 Å². The van der Waals surface area contributed by atoms with E-state index in [1.807, 2.05) is 13.0 Å². The fourth-order valence-electron chi connectivity index (χ4n) is 1.94. The van der Waals surface area contributed by atoms with Crippen molar-refractivity contribution in [1.82, 2.24) is 4.90 Å². The van der Waals surface area contributed by atoms with E-state index in [0.29, 0.717) is 24.2 Å². The fourth-order valence-corrected chi connectivity index (χ4v) is 1.94. The van der Waals surface area contributed by atoms with Crippen LogP contribution in [0, 0.1) is 0 Å². The van der Waals surface area contributed by atoms with E-state index in [1.54, 1.807) is 31.1 Å². The number of carbonyl (C=O) groups excluding carboxylic acids is 1. The van der Waals surface area contributed by atoms with Crippen LogP contribution < -0.4 is 10.6 Å². The summed E-state index contributed by atoms with van der Waals surface area (Å²) in [5.74, 6) is -0.0440. The SMILES string of the molecule is CCN(CCCO)c1cc(N)ccc1C(=O)N(C)C. The van der Waals surface area contributed by atoms with Crippen LogP contribution in [0.5, 0.6) is 0 Å². The lowest BCUT2D eigenvalue weighted by atomic mass is 10.1. The smallest absolute Gasteiger partial charge is 0.255 e. The number of anilines is 2. The molecule has 5 heteroatoms. The number of aliphatic hydroxyl groups excluding tert-OH is 1. The second kappa shape index (κ2) is 6.99. The lowest BCUT2D eigenvalue weighted by Gasteiger charge is -2.26. The molecule has 0 aliphatic heterocycles. The number of amides is 1. The maximum atomic E-state index is 12.2. The molecule has 1 amide bonds. The van der Waals surface area contributed by atoms with Crippen LogP contribution in [0.3, 0.4) is 0 Å². The highest BCUT2D eigenvalue weighted by molar-refractivity contribution is 6.00. The van der Waals surface area contributed by atoms with E-state index in [9.17, 15) is 4.79 Å². The molecule has 0 bridgehead atoms. The molecule has 0 fully saturated rings. The Bertz CT molecular complexity index is 433. The van der Waals surface area contributed by atoms with E-state index in [2.05, 4.69) is 4.90 Å². The molecular formula is C14H23N3O2. The van der Waals surface area contributed by atoms with E-state index in [-0.39, 0.29) is 12.5 Å². The summed E-state index contributed by atoms with van der Waals surface area (Å²) in [7, 11) is 3.46. The number of hydrogen-bond acceptors (Lipinski definition) is 4. The molecule has 0 aliphatic rings. The zero-order valence-corrected chi connectivity index (χ0v) is 11.9. The van der Waals surface area contributed by atoms with E-state index in [0.717, 1.165) is 12.2 Å². The number of rotatable bonds is 6. The van der Waals surface area contributed by atoms with Gasteiger partial charge < -0.3 is 20.6 Å². The van der Waals surface area contributed by atoms with Crippen LogP contribution in [0.1, 0.15) is 23.7 Å². The number of nitrogen functional groups attached to an aromatic ring is 1. The standard InChI is InChI=1S/C14H23N3O2/c1-4-17(8-5-9-18)13-10-11(15)6-7-12(13)14(19)16(2)3/h6-7,10,18H,4-5,8-9,15H2,1-3H3. The lowest BCUT2D eigenvalue weighted by molar-refractivity contribution is 0.0828. The normalized spacial score (nSPS) is 10.3. The molecule has 0 aromatic heterocycles. The minimum atomic E-state index is -0.0440. The number of nitrogens with zero attached hydrogens (tertiary/aromatic N) is 2. The number of aliphatic hydroxyl groups is 1. The topological polar surface area (TPSA) is 69.8 Å². The van der Waals surface area contributed by atoms with Crippen LogP contribution in [-0.2, 0) is 0 Å². The molecule has 1 aromatic carbocycles. The second-order valence-electron chi connectivity index (χ2n) is 4.63. The first-order chi connectivity index (χ1) is 9.01. The Morgan fingerprint density at radius 3 is 2.58 bits per heavy atom. The van der Waals surface area contributed by atoms with Gasteiger partial charge in [0.15, 0.2) is 0 Å². The maximum absolute atomic E-state index is 12.2. The Labute approximate surface area is 114 Å². The highest BCUT2D eigenvalue weighted by atomic mass is 16.3. The van der Waals surface area contributed by atoms with Crippen molar-refractivity contribution >= 4 is 17.3 Å². The molecular weight excluding hydrogens is 242 g/mol. The maximum Gasteiger partial charge on any atom is 0.255 e. The number of nitrogens with two attached hydrogens (primary N) is 1. The molecule has 106 valence electrons. The molecule has 5 nitrogen and oxygen atoms in total. The van der Waals surface area contributed by atoms with Crippen molar-refractivity contribution in [3.8, 4) is 0 Å². The van der Waals surface area contributed by atoms with Crippen molar-refractivity contribution in [3.63, 3.8) is 0 Å². The largest absolute Gasteiger partial charge is 0.399 e. The molecule has 0 radical (unpaired) electrons. The molecule has 0 saturated carbocycles. The zero-order valence-electron chi connectivity index (χ0n) is 11.9. The minimum absolute atomic E-state index is 0.0440. The molecule has 0 atom stereocenters. The summed E-state index contributed by atoms with van der Waals surface area (Å²) >= 11 is 0. The van der Waals surface area contributed by atoms with Gasteiger partial charge in [-0.25, -0.2) is 0 Å². The highest BCUT2D eigenvalue weighted by Gasteiger charge is 2.17. The van der Waals surface area contributed by atoms with Crippen LogP contribution in [0.2, 0.25) is 0 Å². The average molecular weight is 265 g/mol. The van der Waals surface area contributed by atoms with Gasteiger partial charge in [0.25, 0.3) is 5.91 Å². The summed E-state index contributed by atoms with van der Waals surface area (Å²) < 4.78 is 0. The zero-order chi connectivity index (χ0) is 14.4. The lowest BCUT2D eigenvalue weighted by Crippen LogP contribution is -2.29. The molecule has 19 heavy (non-hydrogen) atoms. The molecule has 0 spiro atoms. The first-order valence-electron chi connectivity index (χ1n) is 6.48. The molecule has 0 aliphatic carbocycles. The quantitative estimate of drug-likeness (QED) is 0.758. The predicted octanol–water partition coefficient (Wildman–Crippen LogP) is 1.18. The van der Waals surface area contributed by atoms with Crippen molar-refractivity contribution in [1.29, 1.82) is 0 Å². The monoisotopic (exact) mass is 265 g/mol. The van der Waals surface area contributed by atoms with Crippen LogP contribution in [-0.4, -0.2) is 49.7 Å². The van der Waals surface area contributed by atoms with E-state index >= 15 is 0 Å². The third-order valence-corrected chi connectivity index (χ3v) is 2.97. The molecule has 1 rings (SSSR count). The molecule has 1 aromatic rings. The summed E-state index contributed by atoms with van der Waals surface area (Å²) in [5.41, 5.74) is 7.92. The van der Waals surface area contributed by atoms with Gasteiger partial charge in [-0.2, -0.15) is 0 Å². The summed E-state index contributed by atoms with van der Waals surface area (Å²) in [6.45, 7) is 3.61. The van der Waals surface area contributed by atoms with Crippen LogP contribution in [0.25, 0.3) is 0 Å². The van der Waals surface area contributed by atoms with Crippen molar-refractivity contribution in [2.75, 3.05) is 44.4 Å². The molecule has 0 saturated heterocycles. The Morgan fingerprint density at radius 2 is 2.05 bits per heavy atom. The van der Waals surface area contributed by atoms with Crippen molar-refractivity contribution in [2.24, 2.45) is 0 Å². The summed E-state index contributed by atoms with van der Waals surface area (Å²) in [5, 5.41) is 8.95. The van der Waals surface area contributed by atoms with Crippen LogP contribution >= 0.6 is 0 Å². The van der Waals surface area contributed by atoms with Gasteiger partial charge in [0, 0.05) is 39.5 Å². The van der Waals surface area contributed by atoms with Crippen molar-refractivity contribution in [2.45, 2.75) is 13.3 Å². The van der Waals surface area contributed by atoms with Gasteiger partial charge in [-0.05, 0) is 31.5 Å². The highest BCUT2D eigenvalue weighted by Crippen LogP contribution is 2.24. The predicted molar refractivity (Wildman–Crippen MR) is 78.5 cm³/mol. The Morgan fingerprint density at radius 1 is 1.37 bits per heavy atom. The molecule has 0 unspecified atom stereocenters. The van der Waals surface area contributed by atoms with Crippen molar-refractivity contribution in [3.05, 3.63) is 23.8 Å². The number of hydrogen-bond donors (Lipinski definition) is 2. The third-order valence-electron chi connectivity index (χ3n) is 2.97. The summed E-state index contributed by atoms with van der Waals surface area (Å²) in [6.07, 6.45) is 0.665. The summed E-state index contributed by atoms with van der Waals surface area (Å²) in [6, 6.07) is 5.31. The fraction of sp³-hybridized carbons (Fsp3) is 0.500. The van der Waals surface area contributed by atoms with Gasteiger partial charge in [0.1, 0.15) is 0 Å². The van der Waals surface area contributed by atoms with Crippen molar-refractivity contribution < 1.29 is 9.90 Å². The summed E-state index contributed by atoms with van der Waals surface area (Å²) in [4.78, 5) is 15.8. The third kappa shape index (κ3) is 3.86. The Balaban J connectivity index is 3.14. The minimum Gasteiger partial charge on any atom is -0.399 e. The molecule has 0 heterocycles. The first-order valence-corrected chi connectivity index (χ1v) is 6.48. The van der Waals surface area contributed by atoms with Gasteiger partial charge in [0.2, 0.25) is 0 Å². The van der Waals surface area contributed by atoms with Crippen LogP contribution in [0.15, 0.2) is 18.2 Å². The average Bonchev–Trinajstić information content (AvgIpc) is 2.39. The van der Waals surface area contributed by atoms with Gasteiger partial charge in [-0.3, -0.25) is 4.79 Å². The van der Waals surface area contributed by atoms with E-state index in [4.69, 9.17) is 10.8 Å². The van der Waals surface area contributed by atoms with E-state index < -0.39 is 0 Å². The Hall–Kier alpha value is -1.75. The second-order valence-corrected chi connectivity index (χ2v) is 4.63. The van der Waals surface area contributed by atoms with Gasteiger partial charge >= 0.3 is 0 Å². The molecule has 3 N–H and O–H groups in total. The number of carbonyl (C=O) groups is 1. The number of benzene rings is 1. The Kier molecular flexibility index (Phi) is 5.63.